The molecule has 6 nitrogen and oxygen atoms in total. The van der Waals surface area contributed by atoms with Crippen LogP contribution in [0.4, 0.5) is 0 Å². The van der Waals surface area contributed by atoms with E-state index in [1.54, 1.807) is 0 Å². The van der Waals surface area contributed by atoms with Crippen LogP contribution in [0.2, 0.25) is 0 Å². The monoisotopic (exact) mass is 1000 g/mol. The Bertz CT molecular complexity index is 4530. The van der Waals surface area contributed by atoms with Crippen molar-refractivity contribution in [2.45, 2.75) is 40.5 Å². The molecule has 0 unspecified atom stereocenters. The van der Waals surface area contributed by atoms with E-state index < -0.39 is 0 Å². The molecule has 0 fully saturated rings. The van der Waals surface area contributed by atoms with Crippen molar-refractivity contribution in [1.29, 1.82) is 0 Å². The predicted molar refractivity (Wildman–Crippen MR) is 331 cm³/mol. The van der Waals surface area contributed by atoms with Crippen molar-refractivity contribution in [1.82, 2.24) is 29.9 Å². The van der Waals surface area contributed by atoms with Crippen molar-refractivity contribution in [3.8, 4) is 0 Å². The van der Waals surface area contributed by atoms with Crippen LogP contribution in [0.15, 0.2) is 231 Å². The second-order valence-electron chi connectivity index (χ2n) is 19.9. The van der Waals surface area contributed by atoms with Gasteiger partial charge in [0.2, 0.25) is 0 Å². The molecule has 0 spiro atoms. The fraction of sp³-hybridized carbons (Fsp3) is 0.0833. The summed E-state index contributed by atoms with van der Waals surface area (Å²) in [5.41, 5.74) is 7.33. The fourth-order valence-corrected chi connectivity index (χ4v) is 11.5. The van der Waals surface area contributed by atoms with Crippen LogP contribution in [0.5, 0.6) is 0 Å². The zero-order valence-electron chi connectivity index (χ0n) is 44.0. The Kier molecular flexibility index (Phi) is 12.5. The second kappa shape index (κ2) is 20.4. The first-order chi connectivity index (χ1) is 38.4. The van der Waals surface area contributed by atoms with Gasteiger partial charge in [0.1, 0.15) is 5.82 Å². The Labute approximate surface area is 451 Å². The lowest BCUT2D eigenvalue weighted by Crippen LogP contribution is -1.94. The molecule has 0 aliphatic rings. The van der Waals surface area contributed by atoms with Crippen LogP contribution in [0.3, 0.4) is 0 Å². The smallest absolute Gasteiger partial charge is 0.128 e. The van der Waals surface area contributed by atoms with Crippen LogP contribution in [0, 0.1) is 13.8 Å². The summed E-state index contributed by atoms with van der Waals surface area (Å²) < 4.78 is 0. The molecule has 0 saturated carbocycles. The number of rotatable bonds is 2. The molecule has 372 valence electrons. The minimum Gasteiger partial charge on any atom is -0.261 e. The lowest BCUT2D eigenvalue weighted by atomic mass is 9.95. The van der Waals surface area contributed by atoms with Crippen molar-refractivity contribution in [2.75, 3.05) is 0 Å². The molecule has 0 N–H and O–H groups in total. The summed E-state index contributed by atoms with van der Waals surface area (Å²) in [5.74, 6) is 0.901. The van der Waals surface area contributed by atoms with Gasteiger partial charge in [0, 0.05) is 74.1 Å². The maximum absolute atomic E-state index is 4.87. The number of benzene rings is 12. The molecule has 0 bridgehead atoms. The van der Waals surface area contributed by atoms with E-state index >= 15 is 0 Å². The third-order valence-electron chi connectivity index (χ3n) is 15.2. The van der Waals surface area contributed by atoms with Gasteiger partial charge in [-0.1, -0.05) is 214 Å². The summed E-state index contributed by atoms with van der Waals surface area (Å²) >= 11 is 0. The quantitative estimate of drug-likeness (QED) is 0.161. The topological polar surface area (TPSA) is 77.3 Å². The Morgan fingerprint density at radius 3 is 1.04 bits per heavy atom. The SMILES string of the molecule is CCc1ccc2c3ccccc3c3ccccc3c2n1.CCc1ncc2c3ccccc3c3ccccc3c2n1.Cc1cc2c3ccccc3c3ccccc3c2cn1.Cc1cnc2c3ccccc3c3ccccc3c2n1. The molecule has 0 saturated heterocycles. The molecular weight excluding hydrogens is 949 g/mol. The van der Waals surface area contributed by atoms with E-state index in [9.17, 15) is 0 Å². The number of aromatic nitrogens is 6. The fourth-order valence-electron chi connectivity index (χ4n) is 11.5. The summed E-state index contributed by atoms with van der Waals surface area (Å²) in [6, 6.07) is 74.6. The number of fused-ring (bicyclic) bond motifs is 24. The molecule has 0 radical (unpaired) electrons. The molecule has 16 rings (SSSR count). The summed E-state index contributed by atoms with van der Waals surface area (Å²) in [5, 5.41) is 25.0. The molecule has 0 atom stereocenters. The van der Waals surface area contributed by atoms with E-state index in [1.807, 2.05) is 32.4 Å². The average molecular weight is 1000 g/mol. The molecule has 6 heteroatoms. The Morgan fingerprint density at radius 2 is 0.590 bits per heavy atom. The molecule has 16 aromatic rings. The van der Waals surface area contributed by atoms with Crippen molar-refractivity contribution in [3.05, 3.63) is 254 Å². The van der Waals surface area contributed by atoms with Crippen molar-refractivity contribution < 1.29 is 0 Å². The van der Waals surface area contributed by atoms with Crippen LogP contribution >= 0.6 is 0 Å². The van der Waals surface area contributed by atoms with Gasteiger partial charge in [-0.3, -0.25) is 15.0 Å². The number of hydrogen-bond acceptors (Lipinski definition) is 6. The summed E-state index contributed by atoms with van der Waals surface area (Å²) in [6.07, 6.45) is 7.63. The average Bonchev–Trinajstić information content (AvgIpc) is 3.57. The summed E-state index contributed by atoms with van der Waals surface area (Å²) in [6.45, 7) is 8.27. The van der Waals surface area contributed by atoms with Gasteiger partial charge in [0.25, 0.3) is 0 Å². The van der Waals surface area contributed by atoms with E-state index in [0.717, 1.165) is 63.2 Å². The summed E-state index contributed by atoms with van der Waals surface area (Å²) in [4.78, 5) is 27.9. The number of aryl methyl sites for hydroxylation is 4. The van der Waals surface area contributed by atoms with Crippen LogP contribution in [-0.2, 0) is 12.8 Å². The Balaban J connectivity index is 0.0000000989. The van der Waals surface area contributed by atoms with Crippen molar-refractivity contribution >= 4 is 130 Å². The second-order valence-corrected chi connectivity index (χ2v) is 19.9. The standard InChI is InChI=1S/C19H15N.C18H14N2.C18H13N.C17H12N2/c1-2-13-11-12-18-16-9-4-3-7-14(16)15-8-5-6-10-17(15)19(18)20-13;1-2-17-19-11-16-14-9-4-3-7-12(14)13-8-5-6-10-15(13)18(16)20-17;1-12-10-17-15-8-4-2-6-13(15)14-7-3-5-9-16(14)18(17)11-19-12;1-11-10-18-16-14-8-4-2-6-12(14)13-7-3-5-9-15(13)17(16)19-11/h3-12H,2H2,1H3;3-11H,2H2,1H3;2-11H,1H3;2-10H,1H3. The first kappa shape index (κ1) is 47.9. The molecule has 4 heterocycles. The highest BCUT2D eigenvalue weighted by molar-refractivity contribution is 6.27. The summed E-state index contributed by atoms with van der Waals surface area (Å²) in [7, 11) is 0. The Hall–Kier alpha value is -9.78. The van der Waals surface area contributed by atoms with Gasteiger partial charge in [-0.25, -0.2) is 15.0 Å². The van der Waals surface area contributed by atoms with Gasteiger partial charge in [-0.05, 0) is 102 Å². The Morgan fingerprint density at radius 1 is 0.244 bits per heavy atom. The van der Waals surface area contributed by atoms with Gasteiger partial charge in [0.05, 0.1) is 27.8 Å². The molecule has 12 aromatic carbocycles. The highest BCUT2D eigenvalue weighted by Gasteiger charge is 2.13. The zero-order chi connectivity index (χ0) is 52.7. The van der Waals surface area contributed by atoms with E-state index in [2.05, 4.69) is 241 Å². The lowest BCUT2D eigenvalue weighted by molar-refractivity contribution is 0.963. The number of nitrogens with zero attached hydrogens (tertiary/aromatic N) is 6. The third-order valence-corrected chi connectivity index (χ3v) is 15.2. The van der Waals surface area contributed by atoms with Gasteiger partial charge in [0.15, 0.2) is 0 Å². The van der Waals surface area contributed by atoms with Gasteiger partial charge in [-0.15, -0.1) is 0 Å². The van der Waals surface area contributed by atoms with E-state index in [1.165, 1.54) is 102 Å². The first-order valence-corrected chi connectivity index (χ1v) is 26.9. The third kappa shape index (κ3) is 8.48. The van der Waals surface area contributed by atoms with E-state index in [-0.39, 0.29) is 0 Å². The zero-order valence-corrected chi connectivity index (χ0v) is 44.0. The van der Waals surface area contributed by atoms with Crippen LogP contribution in [-0.4, -0.2) is 29.9 Å². The van der Waals surface area contributed by atoms with Crippen molar-refractivity contribution in [3.63, 3.8) is 0 Å². The van der Waals surface area contributed by atoms with Gasteiger partial charge in [-0.2, -0.15) is 0 Å². The van der Waals surface area contributed by atoms with Crippen LogP contribution in [0.25, 0.3) is 130 Å². The number of pyridine rings is 2. The molecule has 0 aliphatic heterocycles. The minimum atomic E-state index is 0.858. The first-order valence-electron chi connectivity index (χ1n) is 26.9. The van der Waals surface area contributed by atoms with Crippen molar-refractivity contribution in [2.24, 2.45) is 0 Å². The molecule has 0 aliphatic carbocycles. The maximum Gasteiger partial charge on any atom is 0.128 e. The molecular formula is C72H54N6. The van der Waals surface area contributed by atoms with Crippen LogP contribution in [0.1, 0.15) is 36.8 Å². The predicted octanol–water partition coefficient (Wildman–Crippen LogP) is 18.7. The van der Waals surface area contributed by atoms with Gasteiger partial charge < -0.3 is 0 Å². The molecule has 0 amide bonds. The number of hydrogen-bond donors (Lipinski definition) is 0. The molecule has 4 aromatic heterocycles. The highest BCUT2D eigenvalue weighted by atomic mass is 14.9. The normalized spacial score (nSPS) is 11.4. The lowest BCUT2D eigenvalue weighted by Gasteiger charge is -2.10. The molecule has 78 heavy (non-hydrogen) atoms. The van der Waals surface area contributed by atoms with Gasteiger partial charge >= 0.3 is 0 Å². The van der Waals surface area contributed by atoms with Crippen LogP contribution < -0.4 is 0 Å². The van der Waals surface area contributed by atoms with E-state index in [4.69, 9.17) is 15.0 Å². The minimum absolute atomic E-state index is 0.858. The largest absolute Gasteiger partial charge is 0.261 e. The maximum atomic E-state index is 4.87. The van der Waals surface area contributed by atoms with E-state index in [0.29, 0.717) is 0 Å². The highest BCUT2D eigenvalue weighted by Crippen LogP contribution is 2.38.